The molecule has 0 radical (unpaired) electrons. The molecule has 15 heteroatoms. The summed E-state index contributed by atoms with van der Waals surface area (Å²) in [4.78, 5) is 32.3. The molecule has 1 aliphatic rings. The number of aliphatic hydroxyl groups is 2. The second-order valence-corrected chi connectivity index (χ2v) is 5.96. The first-order valence-corrected chi connectivity index (χ1v) is 7.78. The third-order valence-corrected chi connectivity index (χ3v) is 3.81. The molecule has 1 saturated heterocycles. The van der Waals surface area contributed by atoms with E-state index in [1.807, 2.05) is 0 Å². The summed E-state index contributed by atoms with van der Waals surface area (Å²) in [7, 11) is -5.24. The fraction of sp³-hybridized carbons (Fsp3) is 0.500. The third-order valence-electron chi connectivity index (χ3n) is 3.35. The monoisotopic (exact) mass is 392 g/mol. The van der Waals surface area contributed by atoms with E-state index in [0.717, 1.165) is 6.33 Å². The summed E-state index contributed by atoms with van der Waals surface area (Å²) in [6.07, 6.45) is -3.11. The van der Waals surface area contributed by atoms with Crippen LogP contribution in [0.5, 0.6) is 5.88 Å². The van der Waals surface area contributed by atoms with Gasteiger partial charge in [0.25, 0.3) is 0 Å². The summed E-state index contributed by atoms with van der Waals surface area (Å²) in [5, 5.41) is 29.5. The van der Waals surface area contributed by atoms with Gasteiger partial charge in [-0.2, -0.15) is 4.98 Å². The number of phosphoric acid groups is 1. The van der Waals surface area contributed by atoms with Gasteiger partial charge in [0.15, 0.2) is 17.4 Å². The number of phosphoric ester groups is 1. The third kappa shape index (κ3) is 4.99. The molecule has 0 spiro atoms. The number of aliphatic hydroxyl groups excluding tert-OH is 2. The largest absolute Gasteiger partial charge is 1.00 e. The molecule has 1 aliphatic heterocycles. The fourth-order valence-electron chi connectivity index (χ4n) is 2.29. The van der Waals surface area contributed by atoms with E-state index in [1.54, 1.807) is 0 Å². The van der Waals surface area contributed by atoms with Crippen molar-refractivity contribution >= 4 is 19.0 Å². The van der Waals surface area contributed by atoms with Crippen LogP contribution < -0.4 is 68.9 Å². The topological polar surface area (TPSA) is 186 Å². The number of fused-ring (bicyclic) bond motifs is 1. The number of hydrogen-bond acceptors (Lipinski definition) is 11. The van der Waals surface area contributed by atoms with Crippen molar-refractivity contribution < 1.29 is 98.0 Å². The molecule has 1 fully saturated rings. The van der Waals surface area contributed by atoms with Crippen LogP contribution in [0.4, 0.5) is 0 Å². The summed E-state index contributed by atoms with van der Waals surface area (Å²) in [5.74, 6) is -0.375. The molecule has 0 aromatic carbocycles. The second-order valence-electron chi connectivity index (χ2n) is 4.81. The van der Waals surface area contributed by atoms with Crippen LogP contribution in [0.3, 0.4) is 0 Å². The van der Waals surface area contributed by atoms with E-state index in [0.29, 0.717) is 0 Å². The number of ether oxygens (including phenoxy) is 1. The first-order valence-electron chi connectivity index (χ1n) is 6.32. The average Bonchev–Trinajstić information content (AvgIpc) is 3.01. The first-order chi connectivity index (χ1) is 10.8. The van der Waals surface area contributed by atoms with Gasteiger partial charge >= 0.3 is 59.1 Å². The maximum Gasteiger partial charge on any atom is 1.00 e. The van der Waals surface area contributed by atoms with Gasteiger partial charge < -0.3 is 38.9 Å². The van der Waals surface area contributed by atoms with Gasteiger partial charge in [0.2, 0.25) is 5.88 Å². The van der Waals surface area contributed by atoms with Crippen molar-refractivity contribution in [2.45, 2.75) is 24.5 Å². The Balaban J connectivity index is 0.00000156. The van der Waals surface area contributed by atoms with E-state index >= 15 is 0 Å². The number of imidazole rings is 1. The molecule has 12 nitrogen and oxygen atoms in total. The zero-order valence-corrected chi connectivity index (χ0v) is 18.2. The smallest absolute Gasteiger partial charge is 0.790 e. The molecule has 3 rings (SSSR count). The predicted molar refractivity (Wildman–Crippen MR) is 66.5 cm³/mol. The summed E-state index contributed by atoms with van der Waals surface area (Å²) < 4.78 is 21.1. The molecule has 4 atom stereocenters. The summed E-state index contributed by atoms with van der Waals surface area (Å²) >= 11 is 0. The van der Waals surface area contributed by atoms with E-state index in [4.69, 9.17) is 4.74 Å². The van der Waals surface area contributed by atoms with E-state index in [2.05, 4.69) is 19.5 Å². The first kappa shape index (κ1) is 23.4. The number of nitrogens with zero attached hydrogens (tertiary/aromatic N) is 4. The Morgan fingerprint density at radius 3 is 2.56 bits per heavy atom. The average molecular weight is 392 g/mol. The van der Waals surface area contributed by atoms with Crippen molar-refractivity contribution in [1.29, 1.82) is 0 Å². The SMILES string of the molecule is O=P([O-])([O-])OC[C@H]1O[C@@H](n2cnc3c(O)ncnc32)[C@H](O)[C@@H]1O.[Na+].[Na+]. The van der Waals surface area contributed by atoms with Crippen LogP contribution in [0.1, 0.15) is 6.23 Å². The number of rotatable bonds is 4. The molecular weight excluding hydrogens is 381 g/mol. The molecule has 0 aliphatic carbocycles. The Morgan fingerprint density at radius 1 is 1.24 bits per heavy atom. The minimum Gasteiger partial charge on any atom is -0.790 e. The van der Waals surface area contributed by atoms with Crippen LogP contribution in [0.2, 0.25) is 0 Å². The Hall–Kier alpha value is 0.340. The van der Waals surface area contributed by atoms with Crippen LogP contribution in [0.15, 0.2) is 12.7 Å². The van der Waals surface area contributed by atoms with Crippen molar-refractivity contribution in [3.8, 4) is 5.88 Å². The molecule has 0 saturated carbocycles. The molecule has 2 aromatic heterocycles. The Labute approximate surface area is 185 Å². The van der Waals surface area contributed by atoms with Gasteiger partial charge in [0, 0.05) is 0 Å². The number of aromatic hydroxyl groups is 1. The maximum absolute atomic E-state index is 10.5. The normalized spacial score (nSPS) is 26.2. The summed E-state index contributed by atoms with van der Waals surface area (Å²) in [6.45, 7) is -0.744. The minimum atomic E-state index is -5.24. The number of aromatic nitrogens is 4. The molecule has 2 aromatic rings. The van der Waals surface area contributed by atoms with Crippen LogP contribution in [-0.4, -0.2) is 59.8 Å². The van der Waals surface area contributed by atoms with Gasteiger partial charge in [-0.3, -0.25) is 4.57 Å². The molecule has 0 amide bonds. The molecule has 0 unspecified atom stereocenters. The van der Waals surface area contributed by atoms with Crippen molar-refractivity contribution in [2.75, 3.05) is 6.61 Å². The fourth-order valence-corrected chi connectivity index (χ4v) is 2.62. The second kappa shape index (κ2) is 9.02. The zero-order valence-electron chi connectivity index (χ0n) is 13.3. The minimum absolute atomic E-state index is 0. The van der Waals surface area contributed by atoms with Crippen molar-refractivity contribution in [3.05, 3.63) is 12.7 Å². The van der Waals surface area contributed by atoms with Crippen molar-refractivity contribution in [2.24, 2.45) is 0 Å². The van der Waals surface area contributed by atoms with E-state index in [1.165, 1.54) is 10.9 Å². The Kier molecular flexibility index (Phi) is 8.44. The molecule has 3 N–H and O–H groups in total. The van der Waals surface area contributed by atoms with Crippen molar-refractivity contribution in [3.63, 3.8) is 0 Å². The van der Waals surface area contributed by atoms with Gasteiger partial charge in [-0.1, -0.05) is 0 Å². The molecule has 0 bridgehead atoms. The van der Waals surface area contributed by atoms with E-state index in [9.17, 15) is 29.7 Å². The quantitative estimate of drug-likeness (QED) is 0.331. The molecule has 25 heavy (non-hydrogen) atoms. The standard InChI is InChI=1S/C10H13N4O8P.2Na/c15-6-4(1-21-23(18,19)20)22-10(7(6)16)14-3-13-5-8(14)11-2-12-9(5)17;;/h2-4,6-7,10,15-16H,1H2,(H,11,12,17)(H2,18,19,20);;/q;2*+1/p-2/t4-,6-,7-,10-;;/m1../s1. The van der Waals surface area contributed by atoms with E-state index < -0.39 is 39.0 Å². The maximum atomic E-state index is 10.5. The van der Waals surface area contributed by atoms with Crippen LogP contribution in [0, 0.1) is 0 Å². The van der Waals surface area contributed by atoms with Gasteiger partial charge in [-0.05, 0) is 0 Å². The Bertz CT molecular complexity index is 772. The predicted octanol–water partition coefficient (Wildman–Crippen LogP) is -9.00. The summed E-state index contributed by atoms with van der Waals surface area (Å²) in [5.41, 5.74) is 0.190. The zero-order chi connectivity index (χ0) is 16.8. The number of hydrogen-bond donors (Lipinski definition) is 3. The van der Waals surface area contributed by atoms with Gasteiger partial charge in [-0.15, -0.1) is 0 Å². The molecule has 3 heterocycles. The molecule has 126 valence electrons. The van der Waals surface area contributed by atoms with E-state index in [-0.39, 0.29) is 76.2 Å². The summed E-state index contributed by atoms with van der Waals surface area (Å²) in [6, 6.07) is 0. The van der Waals surface area contributed by atoms with Crippen LogP contribution in [0.25, 0.3) is 11.2 Å². The van der Waals surface area contributed by atoms with Crippen LogP contribution in [-0.2, 0) is 13.8 Å². The van der Waals surface area contributed by atoms with Crippen LogP contribution >= 0.6 is 7.82 Å². The molecular formula is C10H11N4Na2O8P. The van der Waals surface area contributed by atoms with Gasteiger partial charge in [0.05, 0.1) is 20.8 Å². The van der Waals surface area contributed by atoms with Gasteiger partial charge in [-0.25, -0.2) is 9.97 Å². The Morgan fingerprint density at radius 2 is 1.92 bits per heavy atom. The van der Waals surface area contributed by atoms with Crippen molar-refractivity contribution in [1.82, 2.24) is 19.5 Å². The van der Waals surface area contributed by atoms with Gasteiger partial charge in [0.1, 0.15) is 24.6 Å².